The van der Waals surface area contributed by atoms with Crippen LogP contribution in [-0.4, -0.2) is 23.8 Å². The molecule has 1 rings (SSSR count). The summed E-state index contributed by atoms with van der Waals surface area (Å²) in [6.45, 7) is 2.03. The normalized spacial score (nSPS) is 12.1. The molecule has 4 nitrogen and oxygen atoms in total. The number of aromatic nitrogens is 1. The Morgan fingerprint density at radius 1 is 1.80 bits per heavy atom. The van der Waals surface area contributed by atoms with Crippen LogP contribution in [0, 0.1) is 0 Å². The fraction of sp³-hybridized carbons (Fsp3) is 0.444. The maximum Gasteiger partial charge on any atom is 0.315 e. The number of carbonyl (C=O) groups excluding carboxylic acids is 2. The van der Waals surface area contributed by atoms with E-state index in [1.165, 1.54) is 11.3 Å². The highest BCUT2D eigenvalue weighted by Gasteiger charge is 2.23. The molecular weight excluding hydrogens is 282 g/mol. The third-order valence-electron chi connectivity index (χ3n) is 1.75. The van der Waals surface area contributed by atoms with Gasteiger partial charge < -0.3 is 9.53 Å². The van der Waals surface area contributed by atoms with E-state index in [9.17, 15) is 9.59 Å². The molecule has 6 heteroatoms. The van der Waals surface area contributed by atoms with Crippen molar-refractivity contribution in [3.63, 3.8) is 0 Å². The Hall–Kier alpha value is -0.750. The molecule has 0 amide bonds. The second-order valence-electron chi connectivity index (χ2n) is 2.73. The first-order valence-corrected chi connectivity index (χ1v) is 6.07. The topological polar surface area (TPSA) is 56.3 Å². The zero-order valence-corrected chi connectivity index (χ0v) is 10.5. The van der Waals surface area contributed by atoms with Crippen molar-refractivity contribution < 1.29 is 14.3 Å². The van der Waals surface area contributed by atoms with E-state index < -0.39 is 11.9 Å². The highest BCUT2D eigenvalue weighted by Crippen LogP contribution is 2.25. The van der Waals surface area contributed by atoms with Gasteiger partial charge in [0, 0.05) is 11.8 Å². The maximum absolute atomic E-state index is 11.5. The van der Waals surface area contributed by atoms with Crippen molar-refractivity contribution in [2.24, 2.45) is 0 Å². The highest BCUT2D eigenvalue weighted by atomic mass is 79.9. The minimum absolute atomic E-state index is 0.106. The summed E-state index contributed by atoms with van der Waals surface area (Å²) in [7, 11) is 0. The molecule has 0 unspecified atom stereocenters. The van der Waals surface area contributed by atoms with Crippen LogP contribution >= 0.6 is 27.3 Å². The monoisotopic (exact) mass is 291 g/mol. The first-order valence-electron chi connectivity index (χ1n) is 4.40. The number of hydrogen-bond donors (Lipinski definition) is 0. The van der Waals surface area contributed by atoms with Crippen LogP contribution in [0.15, 0.2) is 9.30 Å². The van der Waals surface area contributed by atoms with Crippen molar-refractivity contribution in [1.29, 1.82) is 0 Å². The number of halogens is 1. The molecule has 0 aliphatic heterocycles. The molecule has 1 aromatic heterocycles. The molecule has 0 aliphatic rings. The predicted octanol–water partition coefficient (Wildman–Crippen LogP) is 2.14. The van der Waals surface area contributed by atoms with Crippen LogP contribution in [0.2, 0.25) is 0 Å². The van der Waals surface area contributed by atoms with E-state index in [0.29, 0.717) is 22.5 Å². The van der Waals surface area contributed by atoms with Gasteiger partial charge in [0.1, 0.15) is 12.2 Å². The summed E-state index contributed by atoms with van der Waals surface area (Å²) in [5.74, 6) is -0.979. The summed E-state index contributed by atoms with van der Waals surface area (Å²) < 4.78 is 5.56. The zero-order chi connectivity index (χ0) is 11.3. The van der Waals surface area contributed by atoms with E-state index in [1.807, 2.05) is 0 Å². The number of carbonyl (C=O) groups is 2. The van der Waals surface area contributed by atoms with Crippen LogP contribution in [0.25, 0.3) is 0 Å². The second-order valence-corrected chi connectivity index (χ2v) is 4.87. The molecule has 0 radical (unpaired) electrons. The smallest absolute Gasteiger partial charge is 0.315 e. The molecule has 15 heavy (non-hydrogen) atoms. The van der Waals surface area contributed by atoms with Crippen LogP contribution in [-0.2, 0) is 14.3 Å². The minimum atomic E-state index is -0.579. The molecule has 1 aromatic rings. The third-order valence-corrected chi connectivity index (χ3v) is 3.14. The SMILES string of the molecule is CCOC(=O)[C@@H](CC=O)c1csc(Br)n1. The minimum Gasteiger partial charge on any atom is -0.465 e. The molecule has 0 aliphatic carbocycles. The third kappa shape index (κ3) is 3.39. The summed E-state index contributed by atoms with van der Waals surface area (Å²) in [6, 6.07) is 0. The Morgan fingerprint density at radius 3 is 3.00 bits per heavy atom. The van der Waals surface area contributed by atoms with Crippen molar-refractivity contribution in [2.45, 2.75) is 19.3 Å². The lowest BCUT2D eigenvalue weighted by Gasteiger charge is -2.09. The average molecular weight is 292 g/mol. The van der Waals surface area contributed by atoms with Crippen LogP contribution in [0.1, 0.15) is 25.0 Å². The van der Waals surface area contributed by atoms with Gasteiger partial charge in [-0.15, -0.1) is 11.3 Å². The number of hydrogen-bond acceptors (Lipinski definition) is 5. The van der Waals surface area contributed by atoms with E-state index in [-0.39, 0.29) is 6.42 Å². The molecule has 1 heterocycles. The Morgan fingerprint density at radius 2 is 2.53 bits per heavy atom. The highest BCUT2D eigenvalue weighted by molar-refractivity contribution is 9.11. The zero-order valence-electron chi connectivity index (χ0n) is 8.10. The quantitative estimate of drug-likeness (QED) is 0.616. The molecular formula is C9H10BrNO3S. The van der Waals surface area contributed by atoms with E-state index in [4.69, 9.17) is 4.74 Å². The standard InChI is InChI=1S/C9H10BrNO3S/c1-2-14-8(13)6(3-4-12)7-5-15-9(10)11-7/h4-6H,2-3H2,1H3/t6-/m0/s1. The molecule has 0 saturated carbocycles. The van der Waals surface area contributed by atoms with Crippen molar-refractivity contribution >= 4 is 39.5 Å². The van der Waals surface area contributed by atoms with E-state index in [1.54, 1.807) is 12.3 Å². The van der Waals surface area contributed by atoms with Crippen molar-refractivity contribution in [3.8, 4) is 0 Å². The van der Waals surface area contributed by atoms with Gasteiger partial charge in [0.05, 0.1) is 12.3 Å². The van der Waals surface area contributed by atoms with Crippen molar-refractivity contribution in [1.82, 2.24) is 4.98 Å². The average Bonchev–Trinajstić information content (AvgIpc) is 2.61. The molecule has 0 bridgehead atoms. The molecule has 0 aromatic carbocycles. The van der Waals surface area contributed by atoms with Gasteiger partial charge >= 0.3 is 5.97 Å². The van der Waals surface area contributed by atoms with Crippen LogP contribution < -0.4 is 0 Å². The lowest BCUT2D eigenvalue weighted by Crippen LogP contribution is -2.16. The first kappa shape index (κ1) is 12.3. The lowest BCUT2D eigenvalue weighted by molar-refractivity contribution is -0.145. The Bertz CT molecular complexity index is 353. The number of aldehydes is 1. The fourth-order valence-electron chi connectivity index (χ4n) is 1.10. The number of thiazole rings is 1. The van der Waals surface area contributed by atoms with Gasteiger partial charge in [-0.05, 0) is 22.9 Å². The van der Waals surface area contributed by atoms with Gasteiger partial charge in [-0.25, -0.2) is 4.98 Å². The summed E-state index contributed by atoms with van der Waals surface area (Å²) in [5, 5.41) is 1.75. The number of rotatable bonds is 5. The largest absolute Gasteiger partial charge is 0.465 e. The van der Waals surface area contributed by atoms with Gasteiger partial charge in [-0.1, -0.05) is 0 Å². The maximum atomic E-state index is 11.5. The fourth-order valence-corrected chi connectivity index (χ4v) is 2.18. The molecule has 1 atom stereocenters. The van der Waals surface area contributed by atoms with Crippen LogP contribution in [0.4, 0.5) is 0 Å². The van der Waals surface area contributed by atoms with E-state index >= 15 is 0 Å². The van der Waals surface area contributed by atoms with Gasteiger partial charge in [0.2, 0.25) is 0 Å². The molecule has 0 fully saturated rings. The van der Waals surface area contributed by atoms with E-state index in [2.05, 4.69) is 20.9 Å². The number of esters is 1. The van der Waals surface area contributed by atoms with Gasteiger partial charge in [0.25, 0.3) is 0 Å². The molecule has 0 spiro atoms. The van der Waals surface area contributed by atoms with Crippen molar-refractivity contribution in [3.05, 3.63) is 15.0 Å². The van der Waals surface area contributed by atoms with E-state index in [0.717, 1.165) is 0 Å². The van der Waals surface area contributed by atoms with Crippen LogP contribution in [0.5, 0.6) is 0 Å². The first-order chi connectivity index (χ1) is 7.19. The number of ether oxygens (including phenoxy) is 1. The summed E-state index contributed by atoms with van der Waals surface area (Å²) in [5.41, 5.74) is 0.581. The van der Waals surface area contributed by atoms with Gasteiger partial charge in [-0.2, -0.15) is 0 Å². The second kappa shape index (κ2) is 5.97. The predicted molar refractivity (Wildman–Crippen MR) is 59.9 cm³/mol. The summed E-state index contributed by atoms with van der Waals surface area (Å²) >= 11 is 4.58. The molecule has 82 valence electrons. The Kier molecular flexibility index (Phi) is 4.90. The Labute approximate surface area is 99.8 Å². The van der Waals surface area contributed by atoms with Gasteiger partial charge in [0.15, 0.2) is 3.92 Å². The Balaban J connectivity index is 2.82. The van der Waals surface area contributed by atoms with Crippen molar-refractivity contribution in [2.75, 3.05) is 6.61 Å². The van der Waals surface area contributed by atoms with Crippen LogP contribution in [0.3, 0.4) is 0 Å². The van der Waals surface area contributed by atoms with Gasteiger partial charge in [-0.3, -0.25) is 4.79 Å². The lowest BCUT2D eigenvalue weighted by atomic mass is 10.0. The number of nitrogens with zero attached hydrogens (tertiary/aromatic N) is 1. The molecule has 0 N–H and O–H groups in total. The summed E-state index contributed by atoms with van der Waals surface area (Å²) in [4.78, 5) is 26.1. The molecule has 0 saturated heterocycles. The summed E-state index contributed by atoms with van der Waals surface area (Å²) in [6.07, 6.45) is 0.809.